The van der Waals surface area contributed by atoms with Crippen molar-refractivity contribution in [2.45, 2.75) is 6.61 Å². The molecule has 5 nitrogen and oxygen atoms in total. The summed E-state index contributed by atoms with van der Waals surface area (Å²) in [5, 5.41) is 2.32. The number of hydrogen-bond acceptors (Lipinski definition) is 4. The highest BCUT2D eigenvalue weighted by Crippen LogP contribution is 2.14. The van der Waals surface area contributed by atoms with Gasteiger partial charge >= 0.3 is 5.97 Å². The highest BCUT2D eigenvalue weighted by molar-refractivity contribution is 5.95. The molecule has 29 heavy (non-hydrogen) atoms. The van der Waals surface area contributed by atoms with Crippen molar-refractivity contribution < 1.29 is 27.8 Å². The van der Waals surface area contributed by atoms with Crippen LogP contribution in [0.1, 0.15) is 15.9 Å². The Morgan fingerprint density at radius 3 is 2.28 bits per heavy atom. The second-order valence-corrected chi connectivity index (χ2v) is 6.05. The summed E-state index contributed by atoms with van der Waals surface area (Å²) in [5.74, 6) is -2.72. The van der Waals surface area contributed by atoms with E-state index in [1.54, 1.807) is 24.3 Å². The molecule has 3 aromatic carbocycles. The largest absolute Gasteiger partial charge is 0.489 e. The predicted octanol–water partition coefficient (Wildman–Crippen LogP) is 4.34. The number of nitrogens with one attached hydrogen (secondary N) is 1. The molecular weight excluding hydrogens is 380 g/mol. The Hall–Kier alpha value is -3.74. The van der Waals surface area contributed by atoms with Gasteiger partial charge in [0.1, 0.15) is 12.4 Å². The van der Waals surface area contributed by atoms with Gasteiger partial charge in [0, 0.05) is 11.8 Å². The molecule has 0 aromatic heterocycles. The van der Waals surface area contributed by atoms with Crippen molar-refractivity contribution in [3.8, 4) is 5.75 Å². The highest BCUT2D eigenvalue weighted by atomic mass is 19.2. The molecule has 0 aliphatic carbocycles. The van der Waals surface area contributed by atoms with Gasteiger partial charge in [0.05, 0.1) is 5.56 Å². The zero-order valence-corrected chi connectivity index (χ0v) is 15.2. The molecule has 0 fully saturated rings. The zero-order valence-electron chi connectivity index (χ0n) is 15.2. The number of rotatable bonds is 7. The van der Waals surface area contributed by atoms with Crippen molar-refractivity contribution in [1.82, 2.24) is 0 Å². The van der Waals surface area contributed by atoms with Crippen LogP contribution in [0.15, 0.2) is 72.8 Å². The van der Waals surface area contributed by atoms with E-state index >= 15 is 0 Å². The third kappa shape index (κ3) is 5.87. The number of halogens is 2. The molecule has 0 aliphatic heterocycles. The van der Waals surface area contributed by atoms with Gasteiger partial charge in [-0.2, -0.15) is 0 Å². The van der Waals surface area contributed by atoms with Crippen LogP contribution in [0.4, 0.5) is 14.5 Å². The molecule has 1 N–H and O–H groups in total. The van der Waals surface area contributed by atoms with Crippen LogP contribution in [0.5, 0.6) is 5.75 Å². The third-order valence-corrected chi connectivity index (χ3v) is 3.88. The molecule has 0 unspecified atom stereocenters. The lowest BCUT2D eigenvalue weighted by Gasteiger charge is -2.08. The fourth-order valence-electron chi connectivity index (χ4n) is 2.41. The number of ether oxygens (including phenoxy) is 2. The maximum Gasteiger partial charge on any atom is 0.338 e. The Labute approximate surface area is 165 Å². The van der Waals surface area contributed by atoms with E-state index < -0.39 is 30.1 Å². The van der Waals surface area contributed by atoms with Gasteiger partial charge in [-0.25, -0.2) is 13.6 Å². The number of esters is 1. The summed E-state index contributed by atoms with van der Waals surface area (Å²) in [6.45, 7) is -0.216. The molecule has 3 rings (SSSR count). The van der Waals surface area contributed by atoms with Crippen molar-refractivity contribution in [2.75, 3.05) is 11.9 Å². The van der Waals surface area contributed by atoms with Crippen LogP contribution in [0.25, 0.3) is 0 Å². The molecule has 148 valence electrons. The molecule has 0 saturated heterocycles. The maximum atomic E-state index is 13.1. The Balaban J connectivity index is 1.47. The van der Waals surface area contributed by atoms with E-state index in [0.29, 0.717) is 6.61 Å². The first-order valence-corrected chi connectivity index (χ1v) is 8.70. The number of benzene rings is 3. The van der Waals surface area contributed by atoms with Crippen LogP contribution in [0.3, 0.4) is 0 Å². The number of para-hydroxylation sites is 1. The van der Waals surface area contributed by atoms with Crippen LogP contribution in [-0.2, 0) is 16.1 Å². The smallest absolute Gasteiger partial charge is 0.338 e. The van der Waals surface area contributed by atoms with E-state index in [-0.39, 0.29) is 11.3 Å². The van der Waals surface area contributed by atoms with E-state index in [9.17, 15) is 18.4 Å². The first kappa shape index (κ1) is 20.0. The van der Waals surface area contributed by atoms with Crippen molar-refractivity contribution in [2.24, 2.45) is 0 Å². The van der Waals surface area contributed by atoms with Crippen LogP contribution < -0.4 is 10.1 Å². The highest BCUT2D eigenvalue weighted by Gasteiger charge is 2.11. The molecule has 1 amide bonds. The van der Waals surface area contributed by atoms with Gasteiger partial charge in [0.25, 0.3) is 5.91 Å². The molecule has 0 spiro atoms. The van der Waals surface area contributed by atoms with Crippen LogP contribution in [0.2, 0.25) is 0 Å². The molecule has 0 aliphatic rings. The predicted molar refractivity (Wildman–Crippen MR) is 102 cm³/mol. The minimum atomic E-state index is -1.09. The van der Waals surface area contributed by atoms with Gasteiger partial charge in [0.15, 0.2) is 18.2 Å². The first-order valence-electron chi connectivity index (χ1n) is 8.70. The Kier molecular flexibility index (Phi) is 6.52. The molecule has 0 bridgehead atoms. The van der Waals surface area contributed by atoms with Crippen LogP contribution in [0, 0.1) is 11.6 Å². The van der Waals surface area contributed by atoms with Crippen molar-refractivity contribution in [3.63, 3.8) is 0 Å². The molecule has 3 aromatic rings. The summed E-state index contributed by atoms with van der Waals surface area (Å²) in [5.41, 5.74) is 1.20. The van der Waals surface area contributed by atoms with Gasteiger partial charge < -0.3 is 14.8 Å². The summed E-state index contributed by atoms with van der Waals surface area (Å²) in [6, 6.07) is 18.8. The second-order valence-electron chi connectivity index (χ2n) is 6.05. The third-order valence-electron chi connectivity index (χ3n) is 3.88. The fourth-order valence-corrected chi connectivity index (χ4v) is 2.41. The lowest BCUT2D eigenvalue weighted by molar-refractivity contribution is -0.119. The zero-order chi connectivity index (χ0) is 20.6. The Morgan fingerprint density at radius 1 is 0.862 bits per heavy atom. The van der Waals surface area contributed by atoms with E-state index in [2.05, 4.69) is 5.32 Å². The topological polar surface area (TPSA) is 64.6 Å². The summed E-state index contributed by atoms with van der Waals surface area (Å²) in [4.78, 5) is 23.8. The minimum absolute atomic E-state index is 0.0627. The molecule has 0 saturated carbocycles. The number of carbonyl (C=O) groups excluding carboxylic acids is 2. The SMILES string of the molecule is O=C(COC(=O)c1ccc(COc2ccccc2)cc1)Nc1ccc(F)c(F)c1. The normalized spacial score (nSPS) is 10.3. The van der Waals surface area contributed by atoms with Crippen molar-refractivity contribution in [1.29, 1.82) is 0 Å². The lowest BCUT2D eigenvalue weighted by Crippen LogP contribution is -2.21. The fraction of sp³-hybridized carbons (Fsp3) is 0.0909. The number of hydrogen-bond donors (Lipinski definition) is 1. The molecule has 7 heteroatoms. The van der Waals surface area contributed by atoms with Crippen molar-refractivity contribution >= 4 is 17.6 Å². The minimum Gasteiger partial charge on any atom is -0.489 e. The van der Waals surface area contributed by atoms with Crippen molar-refractivity contribution in [3.05, 3.63) is 95.6 Å². The molecule has 0 atom stereocenters. The Morgan fingerprint density at radius 2 is 1.59 bits per heavy atom. The monoisotopic (exact) mass is 397 g/mol. The standard InChI is InChI=1S/C22H17F2NO4/c23-19-11-10-17(12-20(19)24)25-21(26)14-29-22(27)16-8-6-15(7-9-16)13-28-18-4-2-1-3-5-18/h1-12H,13-14H2,(H,25,26). The maximum absolute atomic E-state index is 13.1. The number of carbonyl (C=O) groups is 2. The molecule has 0 heterocycles. The second kappa shape index (κ2) is 9.45. The molecule has 0 radical (unpaired) electrons. The summed E-state index contributed by atoms with van der Waals surface area (Å²) in [6.07, 6.45) is 0. The van der Waals surface area contributed by atoms with Gasteiger partial charge in [0.2, 0.25) is 0 Å². The number of amides is 1. The molecular formula is C22H17F2NO4. The van der Waals surface area contributed by atoms with E-state index in [1.165, 1.54) is 6.07 Å². The van der Waals surface area contributed by atoms with Gasteiger partial charge in [-0.15, -0.1) is 0 Å². The average Bonchev–Trinajstić information content (AvgIpc) is 2.74. The summed E-state index contributed by atoms with van der Waals surface area (Å²) in [7, 11) is 0. The van der Waals surface area contributed by atoms with Gasteiger partial charge in [-0.3, -0.25) is 4.79 Å². The quantitative estimate of drug-likeness (QED) is 0.603. The first-order chi connectivity index (χ1) is 14.0. The lowest BCUT2D eigenvalue weighted by atomic mass is 10.1. The summed E-state index contributed by atoms with van der Waals surface area (Å²) < 4.78 is 36.6. The van der Waals surface area contributed by atoms with E-state index in [1.807, 2.05) is 30.3 Å². The summed E-state index contributed by atoms with van der Waals surface area (Å²) >= 11 is 0. The number of anilines is 1. The van der Waals surface area contributed by atoms with E-state index in [4.69, 9.17) is 9.47 Å². The van der Waals surface area contributed by atoms with Gasteiger partial charge in [-0.1, -0.05) is 30.3 Å². The average molecular weight is 397 g/mol. The van der Waals surface area contributed by atoms with Crippen LogP contribution >= 0.6 is 0 Å². The Bertz CT molecular complexity index is 991. The van der Waals surface area contributed by atoms with Gasteiger partial charge in [-0.05, 0) is 42.0 Å². The van der Waals surface area contributed by atoms with E-state index in [0.717, 1.165) is 23.4 Å². The van der Waals surface area contributed by atoms with Crippen LogP contribution in [-0.4, -0.2) is 18.5 Å².